The lowest BCUT2D eigenvalue weighted by atomic mass is 10.1. The first-order valence-corrected chi connectivity index (χ1v) is 13.1. The number of hydrogen-bond donors (Lipinski definition) is 2. The molecular weight excluding hydrogens is 523 g/mol. The molecule has 2 aromatic carbocycles. The summed E-state index contributed by atoms with van der Waals surface area (Å²) in [6, 6.07) is 12.4. The fourth-order valence-electron chi connectivity index (χ4n) is 4.25. The Labute approximate surface area is 217 Å². The summed E-state index contributed by atoms with van der Waals surface area (Å²) < 4.78 is 54.5. The predicted octanol–water partition coefficient (Wildman–Crippen LogP) is 3.59. The van der Waals surface area contributed by atoms with Crippen LogP contribution in [0.25, 0.3) is 22.0 Å². The maximum atomic E-state index is 14.4. The summed E-state index contributed by atoms with van der Waals surface area (Å²) in [5.74, 6) is -0.929. The highest BCUT2D eigenvalue weighted by molar-refractivity contribution is 7.89. The fourth-order valence-corrected chi connectivity index (χ4v) is 6.21. The van der Waals surface area contributed by atoms with Crippen LogP contribution < -0.4 is 10.5 Å². The molecule has 9 nitrogen and oxygen atoms in total. The first-order valence-electron chi connectivity index (χ1n) is 11.3. The van der Waals surface area contributed by atoms with E-state index in [0.717, 1.165) is 0 Å². The number of sulfonamides is 1. The number of morpholine rings is 1. The molecule has 1 aliphatic heterocycles. The van der Waals surface area contributed by atoms with Crippen molar-refractivity contribution in [2.24, 2.45) is 5.73 Å². The first kappa shape index (κ1) is 25.2. The van der Waals surface area contributed by atoms with Gasteiger partial charge in [-0.3, -0.25) is 9.78 Å². The molecule has 1 fully saturated rings. The highest BCUT2D eigenvalue weighted by Crippen LogP contribution is 2.32. The maximum absolute atomic E-state index is 14.4. The Morgan fingerprint density at radius 2 is 2.11 bits per heavy atom. The summed E-state index contributed by atoms with van der Waals surface area (Å²) >= 11 is 6.10. The van der Waals surface area contributed by atoms with Crippen LogP contribution in [-0.2, 0) is 14.8 Å². The Bertz CT molecular complexity index is 1580. The van der Waals surface area contributed by atoms with Crippen molar-refractivity contribution in [3.63, 3.8) is 0 Å². The van der Waals surface area contributed by atoms with Gasteiger partial charge in [0.1, 0.15) is 34.9 Å². The minimum atomic E-state index is -4.15. The molecule has 12 heteroatoms. The van der Waals surface area contributed by atoms with Gasteiger partial charge in [0, 0.05) is 52.5 Å². The molecule has 192 valence electrons. The van der Waals surface area contributed by atoms with E-state index in [9.17, 15) is 17.6 Å². The van der Waals surface area contributed by atoms with Gasteiger partial charge in [-0.05, 0) is 42.5 Å². The third-order valence-electron chi connectivity index (χ3n) is 6.01. The Morgan fingerprint density at radius 1 is 1.27 bits per heavy atom. The molecule has 1 aliphatic rings. The van der Waals surface area contributed by atoms with Crippen molar-refractivity contribution in [2.45, 2.75) is 11.0 Å². The van der Waals surface area contributed by atoms with Crippen LogP contribution in [0.15, 0.2) is 65.8 Å². The number of rotatable bonds is 7. The van der Waals surface area contributed by atoms with E-state index in [-0.39, 0.29) is 42.3 Å². The molecule has 0 bridgehead atoms. The topological polar surface area (TPSA) is 128 Å². The third-order valence-corrected chi connectivity index (χ3v) is 8.19. The summed E-state index contributed by atoms with van der Waals surface area (Å²) in [6.45, 7) is 0.190. The number of nitrogens with one attached hydrogen (secondary N) is 1. The van der Waals surface area contributed by atoms with Crippen LogP contribution >= 0.6 is 11.6 Å². The summed E-state index contributed by atoms with van der Waals surface area (Å²) in [5.41, 5.74) is 6.62. The van der Waals surface area contributed by atoms with Crippen LogP contribution in [0.3, 0.4) is 0 Å². The molecule has 0 saturated carbocycles. The number of nitrogens with zero attached hydrogens (tertiary/aromatic N) is 2. The number of halogens is 2. The second-order valence-electron chi connectivity index (χ2n) is 8.43. The van der Waals surface area contributed by atoms with Gasteiger partial charge in [0.15, 0.2) is 0 Å². The highest BCUT2D eigenvalue weighted by Gasteiger charge is 2.36. The van der Waals surface area contributed by atoms with Gasteiger partial charge in [0.05, 0.1) is 6.61 Å². The van der Waals surface area contributed by atoms with E-state index in [0.29, 0.717) is 27.4 Å². The van der Waals surface area contributed by atoms with Gasteiger partial charge >= 0.3 is 0 Å². The van der Waals surface area contributed by atoms with Crippen molar-refractivity contribution in [3.8, 4) is 16.9 Å². The quantitative estimate of drug-likeness (QED) is 0.366. The Morgan fingerprint density at radius 3 is 2.86 bits per heavy atom. The summed E-state index contributed by atoms with van der Waals surface area (Å²) in [6.07, 6.45) is 2.54. The van der Waals surface area contributed by atoms with E-state index >= 15 is 0 Å². The Kier molecular flexibility index (Phi) is 6.86. The van der Waals surface area contributed by atoms with Crippen molar-refractivity contribution in [3.05, 3.63) is 77.5 Å². The zero-order chi connectivity index (χ0) is 26.2. The number of carbonyl (C=O) groups is 1. The molecule has 0 spiro atoms. The molecule has 0 unspecified atom stereocenters. The second kappa shape index (κ2) is 10.1. The lowest BCUT2D eigenvalue weighted by molar-refractivity contribution is -0.0249. The van der Waals surface area contributed by atoms with E-state index in [4.69, 9.17) is 26.8 Å². The standard InChI is InChI=1S/C25H22ClFN4O5S/c26-16-3-6-22-20(10-16)24(23(30-22)25(28)32)37(33,34)31-8-9-35-18(13-31)14-36-17-4-5-21(27)19(11-17)15-2-1-7-29-12-15/h1-7,10-12,18,30H,8-9,13-14H2,(H2,28,32)/t18-/m0/s1. The van der Waals surface area contributed by atoms with E-state index in [2.05, 4.69) is 9.97 Å². The van der Waals surface area contributed by atoms with Gasteiger partial charge in [-0.25, -0.2) is 12.8 Å². The summed E-state index contributed by atoms with van der Waals surface area (Å²) in [4.78, 5) is 18.7. The minimum Gasteiger partial charge on any atom is -0.491 e. The van der Waals surface area contributed by atoms with E-state index in [1.165, 1.54) is 22.5 Å². The number of hydrogen-bond acceptors (Lipinski definition) is 6. The Balaban J connectivity index is 1.36. The molecule has 0 radical (unpaired) electrons. The monoisotopic (exact) mass is 544 g/mol. The molecule has 1 saturated heterocycles. The molecule has 5 rings (SSSR count). The number of ether oxygens (including phenoxy) is 2. The maximum Gasteiger partial charge on any atom is 0.266 e. The van der Waals surface area contributed by atoms with E-state index in [1.54, 1.807) is 42.7 Å². The average Bonchev–Trinajstić information content (AvgIpc) is 3.29. The zero-order valence-electron chi connectivity index (χ0n) is 19.4. The first-order chi connectivity index (χ1) is 17.7. The molecule has 4 aromatic rings. The second-order valence-corrected chi connectivity index (χ2v) is 10.7. The van der Waals surface area contributed by atoms with Gasteiger partial charge in [-0.15, -0.1) is 0 Å². The molecule has 3 N–H and O–H groups in total. The molecule has 3 heterocycles. The van der Waals surface area contributed by atoms with E-state index in [1.807, 2.05) is 0 Å². The molecule has 1 atom stereocenters. The third kappa shape index (κ3) is 5.03. The number of pyridine rings is 1. The van der Waals surface area contributed by atoms with Crippen LogP contribution in [0.4, 0.5) is 4.39 Å². The number of benzene rings is 2. The van der Waals surface area contributed by atoms with Gasteiger partial charge in [0.2, 0.25) is 10.0 Å². The van der Waals surface area contributed by atoms with Crippen molar-refractivity contribution in [1.29, 1.82) is 0 Å². The van der Waals surface area contributed by atoms with Gasteiger partial charge < -0.3 is 20.2 Å². The number of aromatic nitrogens is 2. The SMILES string of the molecule is NC(=O)c1[nH]c2ccc(Cl)cc2c1S(=O)(=O)N1CCO[C@H](COc2ccc(F)c(-c3cccnc3)c2)C1. The normalized spacial score (nSPS) is 16.6. The molecule has 0 aliphatic carbocycles. The van der Waals surface area contributed by atoms with Gasteiger partial charge in [-0.1, -0.05) is 17.7 Å². The van der Waals surface area contributed by atoms with Crippen LogP contribution in [0, 0.1) is 5.82 Å². The number of fused-ring (bicyclic) bond motifs is 1. The van der Waals surface area contributed by atoms with Crippen molar-refractivity contribution < 1.29 is 27.1 Å². The fraction of sp³-hybridized carbons (Fsp3) is 0.200. The number of aromatic amines is 1. The molecule has 1 amide bonds. The number of H-pyrrole nitrogens is 1. The molecule has 37 heavy (non-hydrogen) atoms. The number of primary amides is 1. The molecular formula is C25H22ClFN4O5S. The van der Waals surface area contributed by atoms with Crippen LogP contribution in [-0.4, -0.2) is 61.0 Å². The van der Waals surface area contributed by atoms with Crippen molar-refractivity contribution in [2.75, 3.05) is 26.3 Å². The summed E-state index contributed by atoms with van der Waals surface area (Å²) in [5, 5.41) is 0.590. The van der Waals surface area contributed by atoms with Crippen LogP contribution in [0.2, 0.25) is 5.02 Å². The smallest absolute Gasteiger partial charge is 0.266 e. The molecule has 2 aromatic heterocycles. The van der Waals surface area contributed by atoms with Crippen LogP contribution in [0.5, 0.6) is 5.75 Å². The van der Waals surface area contributed by atoms with Gasteiger partial charge in [0.25, 0.3) is 5.91 Å². The van der Waals surface area contributed by atoms with Crippen molar-refractivity contribution in [1.82, 2.24) is 14.3 Å². The van der Waals surface area contributed by atoms with E-state index < -0.39 is 27.9 Å². The number of nitrogens with two attached hydrogens (primary N) is 1. The Hall–Kier alpha value is -3.51. The zero-order valence-corrected chi connectivity index (χ0v) is 20.9. The lowest BCUT2D eigenvalue weighted by Gasteiger charge is -2.32. The van der Waals surface area contributed by atoms with Crippen molar-refractivity contribution >= 4 is 38.4 Å². The summed E-state index contributed by atoms with van der Waals surface area (Å²) in [7, 11) is -4.15. The average molecular weight is 545 g/mol. The highest BCUT2D eigenvalue weighted by atomic mass is 35.5. The predicted molar refractivity (Wildman–Crippen MR) is 135 cm³/mol. The largest absolute Gasteiger partial charge is 0.491 e. The minimum absolute atomic E-state index is 0.0204. The lowest BCUT2D eigenvalue weighted by Crippen LogP contribution is -2.47. The number of amides is 1. The van der Waals surface area contributed by atoms with Gasteiger partial charge in [-0.2, -0.15) is 4.31 Å². The van der Waals surface area contributed by atoms with Crippen LogP contribution in [0.1, 0.15) is 10.5 Å². The number of carbonyl (C=O) groups excluding carboxylic acids is 1.